The largest absolute Gasteiger partial charge is 0.277 e. The van der Waals surface area contributed by atoms with Crippen LogP contribution in [-0.2, 0) is 20.0 Å². The lowest BCUT2D eigenvalue weighted by molar-refractivity contribution is -0.384. The number of nitrogens with zero attached hydrogens (tertiary/aromatic N) is 1. The average molecular weight is 469 g/mol. The molecule has 31 heavy (non-hydrogen) atoms. The van der Waals surface area contributed by atoms with Gasteiger partial charge in [-0.05, 0) is 54.6 Å². The monoisotopic (exact) mass is 469 g/mol. The molecule has 3 rings (SSSR count). The van der Waals surface area contributed by atoms with Crippen molar-refractivity contribution in [1.82, 2.24) is 0 Å². The predicted molar refractivity (Wildman–Crippen MR) is 108 cm³/mol. The van der Waals surface area contributed by atoms with E-state index >= 15 is 0 Å². The Morgan fingerprint density at radius 2 is 1.10 bits per heavy atom. The fourth-order valence-electron chi connectivity index (χ4n) is 2.45. The molecule has 0 unspecified atom stereocenters. The van der Waals surface area contributed by atoms with Gasteiger partial charge in [0.25, 0.3) is 25.7 Å². The van der Waals surface area contributed by atoms with Gasteiger partial charge in [-0.3, -0.25) is 19.6 Å². The second kappa shape index (κ2) is 8.28. The smallest absolute Gasteiger partial charge is 0.271 e. The van der Waals surface area contributed by atoms with Crippen LogP contribution in [0.25, 0.3) is 0 Å². The van der Waals surface area contributed by atoms with E-state index in [4.69, 9.17) is 0 Å². The van der Waals surface area contributed by atoms with Gasteiger partial charge in [-0.2, -0.15) is 0 Å². The zero-order valence-electron chi connectivity index (χ0n) is 15.3. The Morgan fingerprint density at radius 1 is 0.677 bits per heavy atom. The number of hydrogen-bond donors (Lipinski definition) is 2. The van der Waals surface area contributed by atoms with Gasteiger partial charge >= 0.3 is 0 Å². The van der Waals surface area contributed by atoms with Crippen molar-refractivity contribution in [3.8, 4) is 0 Å². The summed E-state index contributed by atoms with van der Waals surface area (Å²) in [7, 11) is -8.63. The summed E-state index contributed by atoms with van der Waals surface area (Å²) in [6.07, 6.45) is 0. The highest BCUT2D eigenvalue weighted by atomic mass is 32.2. The Kier molecular flexibility index (Phi) is 5.90. The molecule has 0 amide bonds. The van der Waals surface area contributed by atoms with E-state index in [9.17, 15) is 35.7 Å². The SMILES string of the molecule is O=[N+]([O-])c1ccc(NS(=O)(=O)c2ccc(F)cc2)c(NS(=O)(=O)c2ccc(F)cc2)c1. The minimum absolute atomic E-state index is 0.319. The van der Waals surface area contributed by atoms with E-state index in [2.05, 4.69) is 9.44 Å². The molecule has 0 spiro atoms. The first kappa shape index (κ1) is 22.1. The number of non-ortho nitro benzene ring substituents is 1. The molecule has 0 saturated carbocycles. The molecule has 2 N–H and O–H groups in total. The highest BCUT2D eigenvalue weighted by Crippen LogP contribution is 2.31. The second-order valence-electron chi connectivity index (χ2n) is 6.11. The molecule has 13 heteroatoms. The molecule has 162 valence electrons. The molecule has 3 aromatic carbocycles. The highest BCUT2D eigenvalue weighted by Gasteiger charge is 2.22. The summed E-state index contributed by atoms with van der Waals surface area (Å²) in [4.78, 5) is 9.62. The first-order chi connectivity index (χ1) is 14.5. The van der Waals surface area contributed by atoms with Gasteiger partial charge in [0, 0.05) is 12.1 Å². The van der Waals surface area contributed by atoms with E-state index in [1.165, 1.54) is 0 Å². The maximum absolute atomic E-state index is 13.1. The van der Waals surface area contributed by atoms with Gasteiger partial charge in [-0.25, -0.2) is 25.6 Å². The Bertz CT molecular complexity index is 1340. The Hall–Kier alpha value is -3.58. The molecule has 0 fully saturated rings. The maximum atomic E-state index is 13.1. The molecule has 3 aromatic rings. The van der Waals surface area contributed by atoms with Crippen LogP contribution in [0.4, 0.5) is 25.8 Å². The Labute approximate surface area is 175 Å². The molecule has 0 aliphatic carbocycles. The third kappa shape index (κ3) is 5.13. The van der Waals surface area contributed by atoms with Gasteiger partial charge in [0.1, 0.15) is 11.6 Å². The van der Waals surface area contributed by atoms with Crippen molar-refractivity contribution in [2.75, 3.05) is 9.44 Å². The second-order valence-corrected chi connectivity index (χ2v) is 9.47. The molecule has 0 heterocycles. The van der Waals surface area contributed by atoms with Crippen LogP contribution < -0.4 is 9.44 Å². The van der Waals surface area contributed by atoms with E-state index in [-0.39, 0.29) is 15.5 Å². The van der Waals surface area contributed by atoms with E-state index in [0.29, 0.717) is 0 Å². The number of hydrogen-bond acceptors (Lipinski definition) is 6. The van der Waals surface area contributed by atoms with E-state index in [0.717, 1.165) is 66.7 Å². The zero-order chi connectivity index (χ0) is 22.8. The predicted octanol–water partition coefficient (Wildman–Crippen LogP) is 3.47. The van der Waals surface area contributed by atoms with Crippen molar-refractivity contribution in [3.63, 3.8) is 0 Å². The van der Waals surface area contributed by atoms with Crippen LogP contribution in [0.2, 0.25) is 0 Å². The van der Waals surface area contributed by atoms with Crippen LogP contribution >= 0.6 is 0 Å². The lowest BCUT2D eigenvalue weighted by Gasteiger charge is -2.14. The Balaban J connectivity index is 2.02. The molecular weight excluding hydrogens is 456 g/mol. The summed E-state index contributed by atoms with van der Waals surface area (Å²) in [6.45, 7) is 0. The summed E-state index contributed by atoms with van der Waals surface area (Å²) in [6, 6.07) is 10.4. The first-order valence-corrected chi connectivity index (χ1v) is 11.3. The highest BCUT2D eigenvalue weighted by molar-refractivity contribution is 7.93. The van der Waals surface area contributed by atoms with Crippen LogP contribution in [0.1, 0.15) is 0 Å². The Morgan fingerprint density at radius 3 is 1.52 bits per heavy atom. The minimum Gasteiger partial charge on any atom is -0.277 e. The van der Waals surface area contributed by atoms with Gasteiger partial charge in [-0.1, -0.05) is 0 Å². The molecule has 0 aliphatic rings. The van der Waals surface area contributed by atoms with Gasteiger partial charge < -0.3 is 0 Å². The summed E-state index contributed by atoms with van der Waals surface area (Å²) in [5.41, 5.74) is -1.27. The van der Waals surface area contributed by atoms with Crippen molar-refractivity contribution >= 4 is 37.1 Å². The number of benzene rings is 3. The molecule has 0 aromatic heterocycles. The number of nitrogens with one attached hydrogen (secondary N) is 2. The van der Waals surface area contributed by atoms with Crippen molar-refractivity contribution in [3.05, 3.63) is 88.5 Å². The third-order valence-corrected chi connectivity index (χ3v) is 6.71. The van der Waals surface area contributed by atoms with Crippen molar-refractivity contribution in [2.45, 2.75) is 9.79 Å². The minimum atomic E-state index is -4.34. The molecule has 0 radical (unpaired) electrons. The van der Waals surface area contributed by atoms with Gasteiger partial charge in [0.15, 0.2) is 0 Å². The fraction of sp³-hybridized carbons (Fsp3) is 0. The van der Waals surface area contributed by atoms with Crippen LogP contribution in [0.15, 0.2) is 76.5 Å². The third-order valence-electron chi connectivity index (χ3n) is 3.95. The zero-order valence-corrected chi connectivity index (χ0v) is 17.0. The number of halogens is 2. The normalized spacial score (nSPS) is 11.7. The molecular formula is C18H13F2N3O6S2. The molecule has 0 atom stereocenters. The van der Waals surface area contributed by atoms with Crippen LogP contribution in [0, 0.1) is 21.7 Å². The molecule has 0 aliphatic heterocycles. The summed E-state index contributed by atoms with van der Waals surface area (Å²) < 4.78 is 80.7. The quantitative estimate of drug-likeness (QED) is 0.402. The van der Waals surface area contributed by atoms with Crippen LogP contribution in [-0.4, -0.2) is 21.8 Å². The fourth-order valence-corrected chi connectivity index (χ4v) is 4.60. The number of sulfonamides is 2. The lowest BCUT2D eigenvalue weighted by Crippen LogP contribution is -2.18. The van der Waals surface area contributed by atoms with E-state index < -0.39 is 48.0 Å². The topological polar surface area (TPSA) is 135 Å². The van der Waals surface area contributed by atoms with Crippen LogP contribution in [0.5, 0.6) is 0 Å². The molecule has 9 nitrogen and oxygen atoms in total. The summed E-state index contributed by atoms with van der Waals surface area (Å²) in [5, 5.41) is 11.1. The van der Waals surface area contributed by atoms with Gasteiger partial charge in [-0.15, -0.1) is 0 Å². The van der Waals surface area contributed by atoms with Crippen molar-refractivity contribution in [1.29, 1.82) is 0 Å². The van der Waals surface area contributed by atoms with Crippen molar-refractivity contribution in [2.24, 2.45) is 0 Å². The van der Waals surface area contributed by atoms with Crippen LogP contribution in [0.3, 0.4) is 0 Å². The first-order valence-electron chi connectivity index (χ1n) is 8.33. The van der Waals surface area contributed by atoms with E-state index in [1.807, 2.05) is 0 Å². The number of anilines is 2. The summed E-state index contributed by atoms with van der Waals surface area (Å²) in [5.74, 6) is -1.34. The molecule has 0 bridgehead atoms. The number of nitro groups is 1. The average Bonchev–Trinajstić information content (AvgIpc) is 2.69. The maximum Gasteiger partial charge on any atom is 0.271 e. The van der Waals surface area contributed by atoms with E-state index in [1.54, 1.807) is 0 Å². The van der Waals surface area contributed by atoms with Gasteiger partial charge in [0.2, 0.25) is 0 Å². The standard InChI is InChI=1S/C18H13F2N3O6S2/c19-12-1-6-15(7-2-12)30(26,27)21-17-10-5-14(23(24)25)11-18(17)22-31(28,29)16-8-3-13(20)4-9-16/h1-11,21-22H. The van der Waals surface area contributed by atoms with Crippen molar-refractivity contribution < 1.29 is 30.5 Å². The lowest BCUT2D eigenvalue weighted by atomic mass is 10.2. The summed E-state index contributed by atoms with van der Waals surface area (Å²) >= 11 is 0. The van der Waals surface area contributed by atoms with Gasteiger partial charge in [0.05, 0.1) is 26.1 Å². The number of rotatable bonds is 7. The molecule has 0 saturated heterocycles. The number of nitro benzene ring substituents is 1.